The Hall–Kier alpha value is -4.77. The third-order valence-electron chi connectivity index (χ3n) is 6.38. The van der Waals surface area contributed by atoms with Crippen LogP contribution in [0.3, 0.4) is 0 Å². The molecule has 3 aromatic rings. The summed E-state index contributed by atoms with van der Waals surface area (Å²) in [5, 5.41) is 14.9. The van der Waals surface area contributed by atoms with Gasteiger partial charge in [-0.25, -0.2) is 9.59 Å². The number of esters is 1. The van der Waals surface area contributed by atoms with Crippen LogP contribution in [-0.4, -0.2) is 18.8 Å². The monoisotopic (exact) mass is 495 g/mol. The van der Waals surface area contributed by atoms with Crippen molar-refractivity contribution in [2.75, 3.05) is 6.79 Å². The van der Waals surface area contributed by atoms with E-state index >= 15 is 0 Å². The Morgan fingerprint density at radius 1 is 1.05 bits per heavy atom. The maximum atomic E-state index is 13.6. The van der Waals surface area contributed by atoms with Gasteiger partial charge in [0.25, 0.3) is 0 Å². The molecular formula is C29H25N3O5. The molecule has 2 N–H and O–H groups in total. The largest absolute Gasteiger partial charge is 0.454 e. The molecule has 8 heteroatoms. The van der Waals surface area contributed by atoms with Gasteiger partial charge in [-0.05, 0) is 60.7 Å². The van der Waals surface area contributed by atoms with Crippen LogP contribution in [0.4, 0.5) is 4.79 Å². The number of amides is 2. The molecule has 5 rings (SSSR count). The van der Waals surface area contributed by atoms with Gasteiger partial charge >= 0.3 is 12.0 Å². The Bertz CT molecular complexity index is 1410. The first-order valence-corrected chi connectivity index (χ1v) is 12.0. The number of ether oxygens (including phenoxy) is 3. The van der Waals surface area contributed by atoms with Gasteiger partial charge in [-0.15, -0.1) is 0 Å². The first kappa shape index (κ1) is 23.9. The van der Waals surface area contributed by atoms with Crippen LogP contribution >= 0.6 is 0 Å². The van der Waals surface area contributed by atoms with Crippen LogP contribution in [0.15, 0.2) is 84.1 Å². The molecule has 0 fully saturated rings. The van der Waals surface area contributed by atoms with Gasteiger partial charge in [0.2, 0.25) is 6.79 Å². The quantitative estimate of drug-likeness (QED) is 0.454. The fraction of sp³-hybridized carbons (Fsp3) is 0.207. The second kappa shape index (κ2) is 10.5. The lowest BCUT2D eigenvalue weighted by atomic mass is 9.93. The van der Waals surface area contributed by atoms with Crippen molar-refractivity contribution in [2.24, 2.45) is 0 Å². The summed E-state index contributed by atoms with van der Waals surface area (Å²) in [4.78, 5) is 26.3. The zero-order valence-electron chi connectivity index (χ0n) is 20.2. The maximum absolute atomic E-state index is 13.6. The van der Waals surface area contributed by atoms with Crippen LogP contribution in [0, 0.1) is 11.3 Å². The van der Waals surface area contributed by atoms with Gasteiger partial charge in [0.05, 0.1) is 23.2 Å². The van der Waals surface area contributed by atoms with Gasteiger partial charge < -0.3 is 24.8 Å². The third kappa shape index (κ3) is 5.26. The molecule has 0 aliphatic carbocycles. The highest BCUT2D eigenvalue weighted by molar-refractivity contribution is 5.95. The van der Waals surface area contributed by atoms with E-state index in [0.717, 1.165) is 11.1 Å². The van der Waals surface area contributed by atoms with E-state index in [2.05, 4.69) is 16.7 Å². The number of carbonyl (C=O) groups is 2. The van der Waals surface area contributed by atoms with E-state index in [1.807, 2.05) is 54.6 Å². The van der Waals surface area contributed by atoms with E-state index in [0.29, 0.717) is 46.7 Å². The molecule has 0 bridgehead atoms. The van der Waals surface area contributed by atoms with Crippen molar-refractivity contribution < 1.29 is 23.8 Å². The molecule has 0 spiro atoms. The van der Waals surface area contributed by atoms with Crippen LogP contribution in [0.1, 0.15) is 47.7 Å². The van der Waals surface area contributed by atoms with Crippen LogP contribution in [-0.2, 0) is 16.0 Å². The molecule has 8 nitrogen and oxygen atoms in total. The Kier molecular flexibility index (Phi) is 6.77. The van der Waals surface area contributed by atoms with Gasteiger partial charge in [-0.1, -0.05) is 48.5 Å². The van der Waals surface area contributed by atoms with Crippen molar-refractivity contribution >= 4 is 12.0 Å². The molecule has 0 saturated heterocycles. The minimum absolute atomic E-state index is 0.190. The minimum atomic E-state index is -0.674. The number of nitriles is 1. The van der Waals surface area contributed by atoms with Crippen LogP contribution in [0.5, 0.6) is 11.5 Å². The summed E-state index contributed by atoms with van der Waals surface area (Å²) in [6.07, 6.45) is 0.362. The number of nitrogens with one attached hydrogen (secondary N) is 2. The number of nitrogens with zero attached hydrogens (tertiary/aromatic N) is 1. The molecule has 2 unspecified atom stereocenters. The Labute approximate surface area is 214 Å². The smallest absolute Gasteiger partial charge is 0.338 e. The molecule has 0 radical (unpaired) electrons. The summed E-state index contributed by atoms with van der Waals surface area (Å²) >= 11 is 0. The molecule has 37 heavy (non-hydrogen) atoms. The lowest BCUT2D eigenvalue weighted by Gasteiger charge is -2.30. The standard InChI is InChI=1S/C29H25N3O5/c1-18(22-9-5-6-20(14-22)16-30)37-28(33)26-23(12-10-19-11-13-24-25(15-19)36-17-35-24)31-29(34)32-27(26)21-7-3-2-4-8-21/h2-9,11,13-15,18,27H,10,12,17H2,1H3,(H2,31,32,34). The molecule has 2 aliphatic heterocycles. The molecule has 0 saturated carbocycles. The number of hydrogen-bond acceptors (Lipinski definition) is 6. The average molecular weight is 496 g/mol. The van der Waals surface area contributed by atoms with E-state index < -0.39 is 18.1 Å². The van der Waals surface area contributed by atoms with Crippen molar-refractivity contribution in [3.8, 4) is 17.6 Å². The zero-order chi connectivity index (χ0) is 25.8. The SMILES string of the molecule is CC(OC(=O)C1=C(CCc2ccc3c(c2)OCO3)NC(=O)NC1c1ccccc1)c1cccc(C#N)c1. The van der Waals surface area contributed by atoms with E-state index in [9.17, 15) is 14.9 Å². The van der Waals surface area contributed by atoms with Gasteiger partial charge in [0.15, 0.2) is 11.5 Å². The van der Waals surface area contributed by atoms with E-state index in [1.54, 1.807) is 25.1 Å². The number of fused-ring (bicyclic) bond motifs is 1. The van der Waals surface area contributed by atoms with Crippen molar-refractivity contribution in [3.63, 3.8) is 0 Å². The van der Waals surface area contributed by atoms with E-state index in [-0.39, 0.29) is 12.8 Å². The number of allylic oxidation sites excluding steroid dienone is 1. The molecule has 0 aromatic heterocycles. The van der Waals surface area contributed by atoms with Gasteiger partial charge in [-0.2, -0.15) is 5.26 Å². The zero-order valence-corrected chi connectivity index (χ0v) is 20.2. The number of rotatable bonds is 7. The first-order valence-electron chi connectivity index (χ1n) is 12.0. The first-order chi connectivity index (χ1) is 18.0. The number of benzene rings is 3. The highest BCUT2D eigenvalue weighted by atomic mass is 16.7. The lowest BCUT2D eigenvalue weighted by molar-refractivity contribution is -0.144. The van der Waals surface area contributed by atoms with Crippen molar-refractivity contribution in [3.05, 3.63) is 106 Å². The molecular weight excluding hydrogens is 470 g/mol. The number of carbonyl (C=O) groups excluding carboxylic acids is 2. The second-order valence-corrected chi connectivity index (χ2v) is 8.81. The van der Waals surface area contributed by atoms with E-state index in [4.69, 9.17) is 14.2 Å². The summed E-state index contributed by atoms with van der Waals surface area (Å²) in [6, 6.07) is 23.0. The Morgan fingerprint density at radius 3 is 2.68 bits per heavy atom. The summed E-state index contributed by atoms with van der Waals surface area (Å²) < 4.78 is 16.7. The maximum Gasteiger partial charge on any atom is 0.338 e. The molecule has 2 atom stereocenters. The van der Waals surface area contributed by atoms with Gasteiger partial charge in [0.1, 0.15) is 6.10 Å². The topological polar surface area (TPSA) is 110 Å². The third-order valence-corrected chi connectivity index (χ3v) is 6.38. The fourth-order valence-electron chi connectivity index (χ4n) is 4.47. The Balaban J connectivity index is 1.45. The number of urea groups is 1. The number of hydrogen-bond donors (Lipinski definition) is 2. The highest BCUT2D eigenvalue weighted by Crippen LogP contribution is 2.34. The summed E-state index contributed by atoms with van der Waals surface area (Å²) in [5.74, 6) is 0.828. The van der Waals surface area contributed by atoms with Gasteiger partial charge in [0, 0.05) is 5.70 Å². The molecule has 3 aromatic carbocycles. The molecule has 2 aliphatic rings. The fourth-order valence-corrected chi connectivity index (χ4v) is 4.47. The predicted octanol–water partition coefficient (Wildman–Crippen LogP) is 4.83. The molecule has 2 heterocycles. The predicted molar refractivity (Wildman–Crippen MR) is 134 cm³/mol. The highest BCUT2D eigenvalue weighted by Gasteiger charge is 2.34. The van der Waals surface area contributed by atoms with Crippen LogP contribution in [0.2, 0.25) is 0 Å². The normalized spacial score (nSPS) is 16.9. The number of aryl methyl sites for hydroxylation is 1. The summed E-state index contributed by atoms with van der Waals surface area (Å²) in [7, 11) is 0. The van der Waals surface area contributed by atoms with Crippen molar-refractivity contribution in [2.45, 2.75) is 31.9 Å². The van der Waals surface area contributed by atoms with Crippen molar-refractivity contribution in [1.29, 1.82) is 5.26 Å². The van der Waals surface area contributed by atoms with Crippen LogP contribution < -0.4 is 20.1 Å². The van der Waals surface area contributed by atoms with Crippen LogP contribution in [0.25, 0.3) is 0 Å². The lowest BCUT2D eigenvalue weighted by Crippen LogP contribution is -2.46. The van der Waals surface area contributed by atoms with E-state index in [1.165, 1.54) is 0 Å². The summed E-state index contributed by atoms with van der Waals surface area (Å²) in [6.45, 7) is 1.95. The average Bonchev–Trinajstić information content (AvgIpc) is 3.40. The van der Waals surface area contributed by atoms with Crippen molar-refractivity contribution in [1.82, 2.24) is 10.6 Å². The second-order valence-electron chi connectivity index (χ2n) is 8.81. The summed E-state index contributed by atoms with van der Waals surface area (Å²) in [5.41, 5.74) is 3.78. The molecule has 2 amide bonds. The van der Waals surface area contributed by atoms with Gasteiger partial charge in [-0.3, -0.25) is 0 Å². The minimum Gasteiger partial charge on any atom is -0.454 e. The molecule has 186 valence electrons. The Morgan fingerprint density at radius 2 is 1.86 bits per heavy atom.